The summed E-state index contributed by atoms with van der Waals surface area (Å²) in [5, 5.41) is 2.95. The van der Waals surface area contributed by atoms with Gasteiger partial charge in [0.25, 0.3) is 5.91 Å². The molecule has 0 unspecified atom stereocenters. The van der Waals surface area contributed by atoms with Crippen molar-refractivity contribution in [3.8, 4) is 5.69 Å². The summed E-state index contributed by atoms with van der Waals surface area (Å²) in [5.41, 5.74) is 3.27. The van der Waals surface area contributed by atoms with Gasteiger partial charge in [0.05, 0.1) is 5.56 Å². The standard InChI is InChI=1S/C22H28FN3O2/c1-4-11-24-21(27)17-9-12-25(13-10-17)22(28)20-14-15(2)26(16(20)3)19-7-5-18(23)6-8-19/h5-8,14,17H,4,9-13H2,1-3H3,(H,24,27). The van der Waals surface area contributed by atoms with Crippen molar-refractivity contribution in [2.45, 2.75) is 40.0 Å². The molecule has 1 aliphatic heterocycles. The Morgan fingerprint density at radius 2 is 1.79 bits per heavy atom. The molecule has 150 valence electrons. The molecule has 1 aliphatic rings. The number of hydrogen-bond donors (Lipinski definition) is 1. The molecule has 0 radical (unpaired) electrons. The quantitative estimate of drug-likeness (QED) is 0.855. The Morgan fingerprint density at radius 3 is 2.39 bits per heavy atom. The van der Waals surface area contributed by atoms with E-state index in [2.05, 4.69) is 5.32 Å². The predicted octanol–water partition coefficient (Wildman–Crippen LogP) is 3.61. The fourth-order valence-corrected chi connectivity index (χ4v) is 3.87. The molecule has 5 nitrogen and oxygen atoms in total. The first kappa shape index (κ1) is 20.1. The molecule has 2 aromatic rings. The van der Waals surface area contributed by atoms with Crippen LogP contribution in [0, 0.1) is 25.6 Å². The van der Waals surface area contributed by atoms with Crippen molar-refractivity contribution in [2.75, 3.05) is 19.6 Å². The van der Waals surface area contributed by atoms with Gasteiger partial charge in [0.15, 0.2) is 0 Å². The maximum absolute atomic E-state index is 13.2. The summed E-state index contributed by atoms with van der Waals surface area (Å²) in [6, 6.07) is 8.16. The highest BCUT2D eigenvalue weighted by atomic mass is 19.1. The number of carbonyl (C=O) groups excluding carboxylic acids is 2. The summed E-state index contributed by atoms with van der Waals surface area (Å²) < 4.78 is 15.2. The van der Waals surface area contributed by atoms with Gasteiger partial charge in [-0.3, -0.25) is 9.59 Å². The van der Waals surface area contributed by atoms with Crippen molar-refractivity contribution >= 4 is 11.8 Å². The molecule has 0 saturated carbocycles. The topological polar surface area (TPSA) is 54.3 Å². The number of piperidine rings is 1. The second kappa shape index (κ2) is 8.59. The van der Waals surface area contributed by atoms with E-state index in [-0.39, 0.29) is 23.5 Å². The molecule has 3 rings (SSSR count). The molecule has 0 bridgehead atoms. The van der Waals surface area contributed by atoms with E-state index >= 15 is 0 Å². The number of nitrogens with one attached hydrogen (secondary N) is 1. The molecule has 0 aliphatic carbocycles. The lowest BCUT2D eigenvalue weighted by Crippen LogP contribution is -2.43. The number of amides is 2. The van der Waals surface area contributed by atoms with Gasteiger partial charge in [-0.05, 0) is 63.4 Å². The highest BCUT2D eigenvalue weighted by molar-refractivity contribution is 5.96. The molecule has 28 heavy (non-hydrogen) atoms. The Balaban J connectivity index is 1.71. The maximum atomic E-state index is 13.2. The van der Waals surface area contributed by atoms with Crippen LogP contribution in [0.4, 0.5) is 4.39 Å². The van der Waals surface area contributed by atoms with Gasteiger partial charge in [0.2, 0.25) is 5.91 Å². The van der Waals surface area contributed by atoms with E-state index in [0.29, 0.717) is 38.0 Å². The fourth-order valence-electron chi connectivity index (χ4n) is 3.87. The average Bonchev–Trinajstić information content (AvgIpc) is 3.00. The van der Waals surface area contributed by atoms with Gasteiger partial charge in [-0.15, -0.1) is 0 Å². The molecule has 2 amide bonds. The Hall–Kier alpha value is -2.63. The smallest absolute Gasteiger partial charge is 0.255 e. The van der Waals surface area contributed by atoms with Crippen molar-refractivity contribution in [3.63, 3.8) is 0 Å². The van der Waals surface area contributed by atoms with Crippen LogP contribution >= 0.6 is 0 Å². The molecule has 1 N–H and O–H groups in total. The Bertz CT molecular complexity index is 849. The van der Waals surface area contributed by atoms with Crippen LogP contribution in [0.2, 0.25) is 0 Å². The van der Waals surface area contributed by atoms with Gasteiger partial charge >= 0.3 is 0 Å². The van der Waals surface area contributed by atoms with Crippen molar-refractivity contribution in [2.24, 2.45) is 5.92 Å². The first-order valence-corrected chi connectivity index (χ1v) is 9.94. The molecule has 1 aromatic heterocycles. The zero-order valence-electron chi connectivity index (χ0n) is 16.8. The third kappa shape index (κ3) is 4.11. The van der Waals surface area contributed by atoms with Crippen molar-refractivity contribution in [3.05, 3.63) is 53.1 Å². The summed E-state index contributed by atoms with van der Waals surface area (Å²) >= 11 is 0. The lowest BCUT2D eigenvalue weighted by molar-refractivity contribution is -0.126. The number of nitrogens with zero attached hydrogens (tertiary/aromatic N) is 2. The summed E-state index contributed by atoms with van der Waals surface area (Å²) in [5.74, 6) is -0.201. The van der Waals surface area contributed by atoms with Crippen LogP contribution in [0.15, 0.2) is 30.3 Å². The van der Waals surface area contributed by atoms with Crippen LogP contribution in [0.5, 0.6) is 0 Å². The number of halogens is 1. The van der Waals surface area contributed by atoms with Crippen molar-refractivity contribution in [1.29, 1.82) is 0 Å². The molecular formula is C22H28FN3O2. The fraction of sp³-hybridized carbons (Fsp3) is 0.455. The van der Waals surface area contributed by atoms with Gasteiger partial charge in [0.1, 0.15) is 5.82 Å². The minimum atomic E-state index is -0.284. The zero-order chi connectivity index (χ0) is 20.3. The van der Waals surface area contributed by atoms with Crippen LogP contribution in [0.1, 0.15) is 47.9 Å². The van der Waals surface area contributed by atoms with Gasteiger partial charge in [0, 0.05) is 42.6 Å². The third-order valence-electron chi connectivity index (χ3n) is 5.45. The number of benzene rings is 1. The SMILES string of the molecule is CCCNC(=O)C1CCN(C(=O)c2cc(C)n(-c3ccc(F)cc3)c2C)CC1. The monoisotopic (exact) mass is 385 g/mol. The van der Waals surface area contributed by atoms with E-state index in [4.69, 9.17) is 0 Å². The normalized spacial score (nSPS) is 14.9. The van der Waals surface area contributed by atoms with E-state index in [1.807, 2.05) is 36.3 Å². The minimum Gasteiger partial charge on any atom is -0.356 e. The predicted molar refractivity (Wildman–Crippen MR) is 107 cm³/mol. The molecule has 0 spiro atoms. The second-order valence-electron chi connectivity index (χ2n) is 7.45. The van der Waals surface area contributed by atoms with E-state index < -0.39 is 0 Å². The number of aryl methyl sites for hydroxylation is 1. The number of likely N-dealkylation sites (tertiary alicyclic amines) is 1. The van der Waals surface area contributed by atoms with E-state index in [9.17, 15) is 14.0 Å². The largest absolute Gasteiger partial charge is 0.356 e. The molecule has 1 saturated heterocycles. The van der Waals surface area contributed by atoms with E-state index in [0.717, 1.165) is 23.5 Å². The second-order valence-corrected chi connectivity index (χ2v) is 7.45. The molecule has 2 heterocycles. The molecule has 6 heteroatoms. The van der Waals surface area contributed by atoms with Gasteiger partial charge in [-0.25, -0.2) is 4.39 Å². The summed E-state index contributed by atoms with van der Waals surface area (Å²) in [4.78, 5) is 27.0. The van der Waals surface area contributed by atoms with Crippen molar-refractivity contribution < 1.29 is 14.0 Å². The lowest BCUT2D eigenvalue weighted by atomic mass is 9.95. The van der Waals surface area contributed by atoms with E-state index in [1.165, 1.54) is 12.1 Å². The van der Waals surface area contributed by atoms with Gasteiger partial charge < -0.3 is 14.8 Å². The van der Waals surface area contributed by atoms with Crippen LogP contribution in [-0.2, 0) is 4.79 Å². The van der Waals surface area contributed by atoms with Crippen LogP contribution in [0.3, 0.4) is 0 Å². The average molecular weight is 385 g/mol. The maximum Gasteiger partial charge on any atom is 0.255 e. The van der Waals surface area contributed by atoms with Crippen molar-refractivity contribution in [1.82, 2.24) is 14.8 Å². The zero-order valence-corrected chi connectivity index (χ0v) is 16.8. The lowest BCUT2D eigenvalue weighted by Gasteiger charge is -2.31. The minimum absolute atomic E-state index is 0.00567. The Kier molecular flexibility index (Phi) is 6.17. The summed E-state index contributed by atoms with van der Waals surface area (Å²) in [6.07, 6.45) is 2.31. The molecule has 0 atom stereocenters. The number of hydrogen-bond acceptors (Lipinski definition) is 2. The first-order valence-electron chi connectivity index (χ1n) is 9.94. The van der Waals surface area contributed by atoms with Crippen LogP contribution in [-0.4, -0.2) is 40.9 Å². The number of carbonyl (C=O) groups is 2. The highest BCUT2D eigenvalue weighted by Gasteiger charge is 2.29. The molecule has 1 aromatic carbocycles. The van der Waals surface area contributed by atoms with Crippen LogP contribution < -0.4 is 5.32 Å². The Morgan fingerprint density at radius 1 is 1.14 bits per heavy atom. The van der Waals surface area contributed by atoms with E-state index in [1.54, 1.807) is 12.1 Å². The summed E-state index contributed by atoms with van der Waals surface area (Å²) in [7, 11) is 0. The van der Waals surface area contributed by atoms with Crippen LogP contribution in [0.25, 0.3) is 5.69 Å². The number of rotatable bonds is 5. The van der Waals surface area contributed by atoms with Gasteiger partial charge in [-0.2, -0.15) is 0 Å². The third-order valence-corrected chi connectivity index (χ3v) is 5.45. The molecular weight excluding hydrogens is 357 g/mol. The highest BCUT2D eigenvalue weighted by Crippen LogP contribution is 2.25. The first-order chi connectivity index (χ1) is 13.4. The van der Waals surface area contributed by atoms with Gasteiger partial charge in [-0.1, -0.05) is 6.92 Å². The summed E-state index contributed by atoms with van der Waals surface area (Å²) in [6.45, 7) is 7.76. The Labute approximate surface area is 165 Å². The molecule has 1 fully saturated rings. The number of aromatic nitrogens is 1.